The molecule has 7 heteroatoms. The summed E-state index contributed by atoms with van der Waals surface area (Å²) >= 11 is 0. The van der Waals surface area contributed by atoms with Crippen molar-refractivity contribution in [1.82, 2.24) is 5.32 Å². The number of benzene rings is 2. The fourth-order valence-electron chi connectivity index (χ4n) is 3.05. The summed E-state index contributed by atoms with van der Waals surface area (Å²) < 4.78 is 10.7. The molecule has 0 aliphatic rings. The van der Waals surface area contributed by atoms with Crippen molar-refractivity contribution in [1.29, 1.82) is 0 Å². The van der Waals surface area contributed by atoms with Crippen molar-refractivity contribution >= 4 is 17.8 Å². The standard InChI is InChI=1S/C26H33NO6/c1-25(2,3)22(29)20-15-19(28)13-12-18(20)14-21(27-24(31)33-26(4,5)6)23(30)32-16-17-10-8-7-9-11-17/h7-13,15,21,28H,14,16H2,1-6H3,(H,27,31)/t21-/m0/s1. The number of phenolic OH excluding ortho intramolecular Hbond substituents is 1. The summed E-state index contributed by atoms with van der Waals surface area (Å²) in [4.78, 5) is 38.3. The topological polar surface area (TPSA) is 102 Å². The number of ether oxygens (including phenoxy) is 2. The van der Waals surface area contributed by atoms with E-state index in [1.54, 1.807) is 47.6 Å². The van der Waals surface area contributed by atoms with Crippen LogP contribution >= 0.6 is 0 Å². The molecule has 7 nitrogen and oxygen atoms in total. The van der Waals surface area contributed by atoms with Crippen LogP contribution in [0.2, 0.25) is 0 Å². The number of aromatic hydroxyl groups is 1. The van der Waals surface area contributed by atoms with Gasteiger partial charge in [-0.1, -0.05) is 57.2 Å². The normalized spacial score (nSPS) is 12.5. The van der Waals surface area contributed by atoms with Crippen LogP contribution in [0.25, 0.3) is 0 Å². The molecule has 0 bridgehead atoms. The maximum Gasteiger partial charge on any atom is 0.408 e. The third kappa shape index (κ3) is 8.25. The minimum absolute atomic E-state index is 0.00962. The van der Waals surface area contributed by atoms with Crippen LogP contribution in [0.4, 0.5) is 4.79 Å². The molecule has 0 fully saturated rings. The number of amides is 1. The highest BCUT2D eigenvalue weighted by Crippen LogP contribution is 2.27. The van der Waals surface area contributed by atoms with Crippen molar-refractivity contribution < 1.29 is 29.0 Å². The number of hydrogen-bond acceptors (Lipinski definition) is 6. The van der Waals surface area contributed by atoms with Crippen LogP contribution in [0.15, 0.2) is 48.5 Å². The van der Waals surface area contributed by atoms with Crippen LogP contribution < -0.4 is 5.32 Å². The highest BCUT2D eigenvalue weighted by atomic mass is 16.6. The predicted molar refractivity (Wildman–Crippen MR) is 125 cm³/mol. The van der Waals surface area contributed by atoms with Crippen LogP contribution in [0.5, 0.6) is 5.75 Å². The van der Waals surface area contributed by atoms with Crippen molar-refractivity contribution in [2.45, 2.75) is 66.2 Å². The summed E-state index contributed by atoms with van der Waals surface area (Å²) in [5.41, 5.74) is 0.133. The van der Waals surface area contributed by atoms with E-state index in [1.807, 2.05) is 30.3 Å². The Morgan fingerprint density at radius 2 is 1.61 bits per heavy atom. The smallest absolute Gasteiger partial charge is 0.408 e. The number of Topliss-reactive ketones (excluding diaryl/α,β-unsaturated/α-hetero) is 1. The minimum atomic E-state index is -1.10. The van der Waals surface area contributed by atoms with E-state index in [1.165, 1.54) is 12.1 Å². The highest BCUT2D eigenvalue weighted by molar-refractivity contribution is 6.01. The Hall–Kier alpha value is -3.35. The molecule has 2 aromatic rings. The molecular weight excluding hydrogens is 422 g/mol. The number of alkyl carbamates (subject to hydrolysis) is 1. The summed E-state index contributed by atoms with van der Waals surface area (Å²) in [5, 5.41) is 12.5. The monoisotopic (exact) mass is 455 g/mol. The molecule has 0 aliphatic heterocycles. The number of hydrogen-bond donors (Lipinski definition) is 2. The minimum Gasteiger partial charge on any atom is -0.508 e. The molecular formula is C26H33NO6. The molecule has 2 rings (SSSR count). The van der Waals surface area contributed by atoms with E-state index in [4.69, 9.17) is 9.47 Å². The van der Waals surface area contributed by atoms with Gasteiger partial charge in [-0.25, -0.2) is 9.59 Å². The molecule has 0 heterocycles. The molecule has 178 valence electrons. The van der Waals surface area contributed by atoms with Gasteiger partial charge in [0.1, 0.15) is 24.0 Å². The highest BCUT2D eigenvalue weighted by Gasteiger charge is 2.30. The van der Waals surface area contributed by atoms with E-state index < -0.39 is 29.1 Å². The summed E-state index contributed by atoms with van der Waals surface area (Å²) in [7, 11) is 0. The molecule has 1 amide bonds. The molecule has 0 saturated carbocycles. The molecule has 33 heavy (non-hydrogen) atoms. The zero-order valence-electron chi connectivity index (χ0n) is 20.1. The average molecular weight is 456 g/mol. The Bertz CT molecular complexity index is 986. The number of rotatable bonds is 7. The van der Waals surface area contributed by atoms with Gasteiger partial charge in [0.05, 0.1) is 0 Å². The van der Waals surface area contributed by atoms with E-state index in [2.05, 4.69) is 5.32 Å². The predicted octanol–water partition coefficient (Wildman–Crippen LogP) is 4.80. The summed E-state index contributed by atoms with van der Waals surface area (Å²) in [6.45, 7) is 10.5. The fourth-order valence-corrected chi connectivity index (χ4v) is 3.05. The van der Waals surface area contributed by atoms with Gasteiger partial charge in [0.25, 0.3) is 0 Å². The van der Waals surface area contributed by atoms with Crippen LogP contribution in [-0.2, 0) is 27.3 Å². The quantitative estimate of drug-likeness (QED) is 0.459. The van der Waals surface area contributed by atoms with Gasteiger partial charge in [0.2, 0.25) is 0 Å². The van der Waals surface area contributed by atoms with Crippen molar-refractivity contribution in [3.8, 4) is 5.75 Å². The lowest BCUT2D eigenvalue weighted by atomic mass is 9.83. The molecule has 0 aliphatic carbocycles. The third-order valence-electron chi connectivity index (χ3n) is 4.64. The Kier molecular flexibility index (Phi) is 8.25. The molecule has 2 N–H and O–H groups in total. The van der Waals surface area contributed by atoms with E-state index in [0.29, 0.717) is 5.56 Å². The third-order valence-corrected chi connectivity index (χ3v) is 4.64. The Balaban J connectivity index is 2.30. The number of phenols is 1. The maximum absolute atomic E-state index is 13.0. The summed E-state index contributed by atoms with van der Waals surface area (Å²) in [6.07, 6.45) is -0.781. The maximum atomic E-state index is 13.0. The molecule has 0 aromatic heterocycles. The fraction of sp³-hybridized carbons (Fsp3) is 0.423. The van der Waals surface area contributed by atoms with Crippen molar-refractivity contribution in [2.75, 3.05) is 0 Å². The molecule has 0 spiro atoms. The van der Waals surface area contributed by atoms with Gasteiger partial charge in [-0.2, -0.15) is 0 Å². The lowest BCUT2D eigenvalue weighted by molar-refractivity contribution is -0.147. The molecule has 1 atom stereocenters. The number of esters is 1. The molecule has 0 saturated heterocycles. The van der Waals surface area contributed by atoms with Crippen molar-refractivity contribution in [3.63, 3.8) is 0 Å². The average Bonchev–Trinajstić information content (AvgIpc) is 2.70. The first kappa shape index (κ1) is 25.9. The summed E-state index contributed by atoms with van der Waals surface area (Å²) in [5.74, 6) is -0.913. The largest absolute Gasteiger partial charge is 0.508 e. The van der Waals surface area contributed by atoms with Gasteiger partial charge in [0, 0.05) is 17.4 Å². The number of nitrogens with one attached hydrogen (secondary N) is 1. The second-order valence-corrected chi connectivity index (χ2v) is 9.92. The van der Waals surface area contributed by atoms with Crippen LogP contribution in [0, 0.1) is 5.41 Å². The Morgan fingerprint density at radius 1 is 0.970 bits per heavy atom. The van der Waals surface area contributed by atoms with Gasteiger partial charge in [-0.3, -0.25) is 4.79 Å². The first-order valence-electron chi connectivity index (χ1n) is 10.8. The Morgan fingerprint density at radius 3 is 2.18 bits per heavy atom. The van der Waals surface area contributed by atoms with Gasteiger partial charge in [-0.05, 0) is 44.0 Å². The zero-order chi connectivity index (χ0) is 24.8. The molecule has 2 aromatic carbocycles. The SMILES string of the molecule is CC(C)(C)OC(=O)N[C@@H](Cc1ccc(O)cc1C(=O)C(C)(C)C)C(=O)OCc1ccccc1. The number of carbonyl (C=O) groups is 3. The molecule has 0 unspecified atom stereocenters. The molecule has 0 radical (unpaired) electrons. The van der Waals surface area contributed by atoms with E-state index in [0.717, 1.165) is 5.56 Å². The van der Waals surface area contributed by atoms with Gasteiger partial charge >= 0.3 is 12.1 Å². The second-order valence-electron chi connectivity index (χ2n) is 9.92. The van der Waals surface area contributed by atoms with Crippen molar-refractivity contribution in [3.05, 3.63) is 65.2 Å². The number of carbonyl (C=O) groups excluding carboxylic acids is 3. The number of ketones is 1. The lowest BCUT2D eigenvalue weighted by Crippen LogP contribution is -2.45. The van der Waals surface area contributed by atoms with E-state index in [-0.39, 0.29) is 30.1 Å². The second kappa shape index (κ2) is 10.5. The van der Waals surface area contributed by atoms with Crippen molar-refractivity contribution in [2.24, 2.45) is 5.41 Å². The van der Waals surface area contributed by atoms with E-state index >= 15 is 0 Å². The Labute approximate surface area is 195 Å². The zero-order valence-corrected chi connectivity index (χ0v) is 20.1. The first-order valence-corrected chi connectivity index (χ1v) is 10.8. The van der Waals surface area contributed by atoms with Gasteiger partial charge < -0.3 is 19.9 Å². The van der Waals surface area contributed by atoms with E-state index in [9.17, 15) is 19.5 Å². The van der Waals surface area contributed by atoms with Crippen LogP contribution in [-0.4, -0.2) is 34.6 Å². The van der Waals surface area contributed by atoms with Crippen LogP contribution in [0.3, 0.4) is 0 Å². The van der Waals surface area contributed by atoms with Crippen LogP contribution in [0.1, 0.15) is 63.0 Å². The lowest BCUT2D eigenvalue weighted by Gasteiger charge is -2.24. The van der Waals surface area contributed by atoms with Gasteiger partial charge in [-0.15, -0.1) is 0 Å². The first-order chi connectivity index (χ1) is 15.3. The van der Waals surface area contributed by atoms with Gasteiger partial charge in [0.15, 0.2) is 5.78 Å². The summed E-state index contributed by atoms with van der Waals surface area (Å²) in [6, 6.07) is 12.5.